The Balaban J connectivity index is 0. The second-order valence-electron chi connectivity index (χ2n) is 3.19. The summed E-state index contributed by atoms with van der Waals surface area (Å²) in [7, 11) is 0. The Morgan fingerprint density at radius 2 is 1.33 bits per heavy atom. The Morgan fingerprint density at radius 3 is 1.42 bits per heavy atom. The van der Waals surface area contributed by atoms with Crippen molar-refractivity contribution < 1.29 is 5.11 Å². The van der Waals surface area contributed by atoms with Crippen molar-refractivity contribution in [2.75, 3.05) is 0 Å². The van der Waals surface area contributed by atoms with Crippen molar-refractivity contribution in [3.63, 3.8) is 0 Å². The van der Waals surface area contributed by atoms with Crippen molar-refractivity contribution in [1.29, 1.82) is 0 Å². The summed E-state index contributed by atoms with van der Waals surface area (Å²) in [6, 6.07) is 12.5. The average Bonchev–Trinajstić information content (AvgIpc) is 1.88. The first-order valence-corrected chi connectivity index (χ1v) is 3.61. The van der Waals surface area contributed by atoms with E-state index < -0.39 is 5.60 Å². The van der Waals surface area contributed by atoms with Crippen LogP contribution in [-0.2, 0) is 0 Å². The van der Waals surface area contributed by atoms with Gasteiger partial charge in [0.2, 0.25) is 0 Å². The van der Waals surface area contributed by atoms with Gasteiger partial charge in [0.25, 0.3) is 0 Å². The van der Waals surface area contributed by atoms with Crippen molar-refractivity contribution in [3.05, 3.63) is 36.4 Å². The molecule has 1 aromatic carbocycles. The zero-order chi connectivity index (χ0) is 8.74. The van der Waals surface area contributed by atoms with Gasteiger partial charge in [0.05, 0.1) is 0 Å². The molecule has 0 fully saturated rings. The van der Waals surface area contributed by atoms with E-state index in [4.69, 9.17) is 0 Å². The standard InChI is InChI=1S/C6H5.C4H9O.Mg/c1-2-4-6-5-3-1;1-4(2,3)5;/h1-5H;1-3H3;/q2*-1;+2. The predicted molar refractivity (Wildman–Crippen MR) is 50.8 cm³/mol. The Hall–Kier alpha value is -0.0538. The van der Waals surface area contributed by atoms with Gasteiger partial charge in [0, 0.05) is 0 Å². The van der Waals surface area contributed by atoms with Crippen molar-refractivity contribution in [2.24, 2.45) is 0 Å². The minimum absolute atomic E-state index is 0. The molecule has 0 aromatic heterocycles. The maximum Gasteiger partial charge on any atom is 2.00 e. The molecule has 0 aliphatic heterocycles. The number of hydrogen-bond donors (Lipinski definition) is 0. The minimum atomic E-state index is -0.750. The van der Waals surface area contributed by atoms with Crippen molar-refractivity contribution in [2.45, 2.75) is 26.4 Å². The molecular weight excluding hydrogens is 160 g/mol. The molecule has 0 aliphatic rings. The summed E-state index contributed by atoms with van der Waals surface area (Å²) in [5.41, 5.74) is -0.750. The van der Waals surface area contributed by atoms with Crippen LogP contribution in [0.5, 0.6) is 0 Å². The van der Waals surface area contributed by atoms with E-state index in [1.165, 1.54) is 0 Å². The number of rotatable bonds is 0. The van der Waals surface area contributed by atoms with Crippen molar-refractivity contribution in [3.8, 4) is 0 Å². The average molecular weight is 175 g/mol. The molecule has 62 valence electrons. The smallest absolute Gasteiger partial charge is 0.850 e. The third kappa shape index (κ3) is 22.5. The maximum absolute atomic E-state index is 10.1. The molecule has 12 heavy (non-hydrogen) atoms. The van der Waals surface area contributed by atoms with Gasteiger partial charge >= 0.3 is 23.1 Å². The molecule has 0 saturated carbocycles. The van der Waals surface area contributed by atoms with Crippen molar-refractivity contribution >= 4 is 23.1 Å². The van der Waals surface area contributed by atoms with Crippen molar-refractivity contribution in [1.82, 2.24) is 0 Å². The normalized spacial score (nSPS) is 9.00. The molecule has 1 rings (SSSR count). The fourth-order valence-corrected chi connectivity index (χ4v) is 0.342. The van der Waals surface area contributed by atoms with E-state index in [1.54, 1.807) is 20.8 Å². The summed E-state index contributed by atoms with van der Waals surface area (Å²) in [5, 5.41) is 10.1. The van der Waals surface area contributed by atoms with Crippen LogP contribution >= 0.6 is 0 Å². The second-order valence-corrected chi connectivity index (χ2v) is 3.19. The first-order valence-electron chi connectivity index (χ1n) is 3.61. The van der Waals surface area contributed by atoms with Gasteiger partial charge in [-0.15, -0.1) is 5.60 Å². The maximum atomic E-state index is 10.1. The van der Waals surface area contributed by atoms with Gasteiger partial charge in [0.1, 0.15) is 0 Å². The van der Waals surface area contributed by atoms with E-state index in [-0.39, 0.29) is 23.1 Å². The molecule has 0 bridgehead atoms. The Bertz CT molecular complexity index is 134. The Kier molecular flexibility index (Phi) is 9.15. The summed E-state index contributed by atoms with van der Waals surface area (Å²) in [4.78, 5) is 0. The van der Waals surface area contributed by atoms with Gasteiger partial charge in [0.15, 0.2) is 0 Å². The van der Waals surface area contributed by atoms with Gasteiger partial charge in [-0.05, 0) is 0 Å². The zero-order valence-electron chi connectivity index (χ0n) is 8.00. The van der Waals surface area contributed by atoms with E-state index in [1.807, 2.05) is 30.3 Å². The largest absolute Gasteiger partial charge is 2.00 e. The topological polar surface area (TPSA) is 23.1 Å². The van der Waals surface area contributed by atoms with Crippen LogP contribution in [0.4, 0.5) is 0 Å². The molecule has 0 unspecified atom stereocenters. The van der Waals surface area contributed by atoms with E-state index in [0.717, 1.165) is 0 Å². The molecule has 0 saturated heterocycles. The molecule has 0 heterocycles. The van der Waals surface area contributed by atoms with Crippen LogP contribution in [0.3, 0.4) is 0 Å². The molecule has 1 aromatic rings. The van der Waals surface area contributed by atoms with Crippen LogP contribution in [0.25, 0.3) is 0 Å². The van der Waals surface area contributed by atoms with Gasteiger partial charge in [-0.2, -0.15) is 36.4 Å². The van der Waals surface area contributed by atoms with Crippen LogP contribution in [0.15, 0.2) is 30.3 Å². The van der Waals surface area contributed by atoms with Crippen LogP contribution in [0.1, 0.15) is 20.8 Å². The number of benzene rings is 1. The van der Waals surface area contributed by atoms with E-state index in [2.05, 4.69) is 6.07 Å². The van der Waals surface area contributed by atoms with Crippen LogP contribution in [0, 0.1) is 6.07 Å². The van der Waals surface area contributed by atoms with Gasteiger partial charge < -0.3 is 5.11 Å². The van der Waals surface area contributed by atoms with E-state index in [9.17, 15) is 5.11 Å². The Morgan fingerprint density at radius 1 is 1.00 bits per heavy atom. The predicted octanol–water partition coefficient (Wildman–Crippen LogP) is 1.25. The first kappa shape index (κ1) is 14.5. The number of hydrogen-bond acceptors (Lipinski definition) is 1. The van der Waals surface area contributed by atoms with Gasteiger partial charge in [-0.25, -0.2) is 0 Å². The molecule has 0 spiro atoms. The summed E-state index contributed by atoms with van der Waals surface area (Å²) in [6.07, 6.45) is 0. The molecule has 0 radical (unpaired) electrons. The van der Waals surface area contributed by atoms with Gasteiger partial charge in [-0.3, -0.25) is 0 Å². The summed E-state index contributed by atoms with van der Waals surface area (Å²) in [6.45, 7) is 4.90. The Labute approximate surface area is 91.0 Å². The molecule has 0 amide bonds. The van der Waals surface area contributed by atoms with Crippen LogP contribution in [0.2, 0.25) is 0 Å². The quantitative estimate of drug-likeness (QED) is 0.429. The first-order chi connectivity index (χ1) is 5.00. The molecular formula is C10H14MgO. The molecule has 2 heteroatoms. The third-order valence-electron chi connectivity index (χ3n) is 0.607. The second kappa shape index (κ2) is 7.59. The van der Waals surface area contributed by atoms with Gasteiger partial charge in [-0.1, -0.05) is 20.8 Å². The molecule has 0 atom stereocenters. The third-order valence-corrected chi connectivity index (χ3v) is 0.607. The molecule has 0 N–H and O–H groups in total. The fraction of sp³-hybridized carbons (Fsp3) is 0.400. The summed E-state index contributed by atoms with van der Waals surface area (Å²) in [5.74, 6) is 0. The van der Waals surface area contributed by atoms with E-state index >= 15 is 0 Å². The summed E-state index contributed by atoms with van der Waals surface area (Å²) >= 11 is 0. The zero-order valence-corrected chi connectivity index (χ0v) is 9.42. The van der Waals surface area contributed by atoms with Crippen LogP contribution in [-0.4, -0.2) is 28.7 Å². The SMILES string of the molecule is CC(C)(C)[O-].[Mg+2].[c-]1ccccc1. The monoisotopic (exact) mass is 174 g/mol. The summed E-state index contributed by atoms with van der Waals surface area (Å²) < 4.78 is 0. The fourth-order valence-electron chi connectivity index (χ4n) is 0.342. The minimum Gasteiger partial charge on any atom is -0.850 e. The molecule has 1 nitrogen and oxygen atoms in total. The van der Waals surface area contributed by atoms with E-state index in [0.29, 0.717) is 0 Å². The molecule has 0 aliphatic carbocycles. The van der Waals surface area contributed by atoms with Crippen LogP contribution < -0.4 is 5.11 Å².